The number of rotatable bonds is 10. The molecule has 1 aliphatic heterocycles. The Hall–Kier alpha value is -2.04. The Morgan fingerprint density at radius 2 is 2.06 bits per heavy atom. The van der Waals surface area contributed by atoms with Crippen LogP contribution in [0.2, 0.25) is 5.28 Å². The molecule has 9 nitrogen and oxygen atoms in total. The van der Waals surface area contributed by atoms with Crippen LogP contribution in [0, 0.1) is 17.7 Å². The molecule has 0 spiro atoms. The van der Waals surface area contributed by atoms with Gasteiger partial charge < -0.3 is 10.2 Å². The molecule has 2 fully saturated rings. The van der Waals surface area contributed by atoms with Crippen molar-refractivity contribution >= 4 is 29.7 Å². The second-order valence-electron chi connectivity index (χ2n) is 9.61. The third kappa shape index (κ3) is 6.55. The maximum Gasteiger partial charge on any atom is 0.233 e. The predicted molar refractivity (Wildman–Crippen MR) is 127 cm³/mol. The van der Waals surface area contributed by atoms with Gasteiger partial charge in [0.15, 0.2) is 11.6 Å². The highest BCUT2D eigenvalue weighted by molar-refractivity contribution is 6.28. The summed E-state index contributed by atoms with van der Waals surface area (Å²) < 4.78 is 15.5. The maximum absolute atomic E-state index is 15.5. The van der Waals surface area contributed by atoms with Crippen LogP contribution >= 0.6 is 11.6 Å². The van der Waals surface area contributed by atoms with Crippen LogP contribution in [0.1, 0.15) is 58.1 Å². The van der Waals surface area contributed by atoms with E-state index in [0.29, 0.717) is 23.9 Å². The molecule has 1 saturated carbocycles. The molecule has 190 valence electrons. The fraction of sp³-hybridized carbons (Fsp3) is 0.739. The lowest BCUT2D eigenvalue weighted by molar-refractivity contribution is -0.155. The summed E-state index contributed by atoms with van der Waals surface area (Å²) in [6.45, 7) is 5.23. The second kappa shape index (κ2) is 12.1. The molecular weight excluding hydrogens is 463 g/mol. The normalized spacial score (nSPS) is 22.6. The number of hydrogen-bond acceptors (Lipinski definition) is 7. The molecule has 0 aromatic carbocycles. The van der Waals surface area contributed by atoms with Gasteiger partial charge in [-0.15, -0.1) is 0 Å². The average Bonchev–Trinajstić information content (AvgIpc) is 3.32. The number of amides is 2. The Morgan fingerprint density at radius 1 is 1.35 bits per heavy atom. The molecule has 0 radical (unpaired) electrons. The van der Waals surface area contributed by atoms with Gasteiger partial charge in [-0.25, -0.2) is 14.4 Å². The minimum atomic E-state index is -0.597. The molecule has 1 aromatic rings. The van der Waals surface area contributed by atoms with Gasteiger partial charge in [0.25, 0.3) is 0 Å². The van der Waals surface area contributed by atoms with Crippen molar-refractivity contribution in [3.8, 4) is 0 Å². The highest BCUT2D eigenvalue weighted by atomic mass is 35.5. The van der Waals surface area contributed by atoms with E-state index in [1.807, 2.05) is 11.8 Å². The van der Waals surface area contributed by atoms with Crippen LogP contribution in [0.4, 0.5) is 10.2 Å². The van der Waals surface area contributed by atoms with E-state index < -0.39 is 11.7 Å². The molecule has 3 rings (SSSR count). The Balaban J connectivity index is 1.73. The third-order valence-electron chi connectivity index (χ3n) is 7.16. The van der Waals surface area contributed by atoms with E-state index in [-0.39, 0.29) is 54.3 Å². The maximum atomic E-state index is 15.5. The monoisotopic (exact) mass is 498 g/mol. The summed E-state index contributed by atoms with van der Waals surface area (Å²) >= 11 is 6.15. The summed E-state index contributed by atoms with van der Waals surface area (Å²) in [6, 6.07) is 0.300. The summed E-state index contributed by atoms with van der Waals surface area (Å²) in [6.07, 6.45) is 6.06. The molecule has 1 saturated heterocycles. The first-order valence-electron chi connectivity index (χ1n) is 12.1. The highest BCUT2D eigenvalue weighted by Crippen LogP contribution is 2.31. The molecule has 1 aliphatic carbocycles. The Bertz CT molecular complexity index is 856. The van der Waals surface area contributed by atoms with E-state index in [1.54, 1.807) is 0 Å². The summed E-state index contributed by atoms with van der Waals surface area (Å²) in [4.78, 5) is 36.2. The number of anilines is 1. The lowest BCUT2D eigenvalue weighted by Crippen LogP contribution is -2.56. The minimum Gasteiger partial charge on any atom is -0.350 e. The highest BCUT2D eigenvalue weighted by Gasteiger charge is 2.32. The van der Waals surface area contributed by atoms with Crippen molar-refractivity contribution in [3.63, 3.8) is 0 Å². The van der Waals surface area contributed by atoms with Crippen molar-refractivity contribution in [1.82, 2.24) is 25.2 Å². The van der Waals surface area contributed by atoms with Crippen LogP contribution in [-0.2, 0) is 16.1 Å². The Morgan fingerprint density at radius 3 is 2.71 bits per heavy atom. The lowest BCUT2D eigenvalue weighted by Gasteiger charge is -2.44. The van der Waals surface area contributed by atoms with E-state index in [4.69, 9.17) is 11.6 Å². The zero-order valence-electron chi connectivity index (χ0n) is 20.2. The number of hydrogen-bond donors (Lipinski definition) is 2. The largest absolute Gasteiger partial charge is 0.350 e. The number of nitrogens with zero attached hydrogens (tertiary/aromatic N) is 5. The van der Waals surface area contributed by atoms with E-state index >= 15 is 4.39 Å². The number of hydroxylamine groups is 2. The molecule has 2 heterocycles. The third-order valence-corrected chi connectivity index (χ3v) is 7.33. The fourth-order valence-corrected chi connectivity index (χ4v) is 5.38. The minimum absolute atomic E-state index is 0.0124. The van der Waals surface area contributed by atoms with Crippen LogP contribution in [-0.4, -0.2) is 76.2 Å². The molecule has 0 bridgehead atoms. The van der Waals surface area contributed by atoms with Gasteiger partial charge in [-0.1, -0.05) is 32.6 Å². The smallest absolute Gasteiger partial charge is 0.233 e. The van der Waals surface area contributed by atoms with E-state index in [1.165, 1.54) is 0 Å². The number of carbonyl (C=O) groups is 2. The number of piperazine rings is 1. The van der Waals surface area contributed by atoms with Crippen LogP contribution in [0.3, 0.4) is 0 Å². The summed E-state index contributed by atoms with van der Waals surface area (Å²) in [5, 5.41) is 12.8. The van der Waals surface area contributed by atoms with Crippen molar-refractivity contribution in [3.05, 3.63) is 16.8 Å². The zero-order chi connectivity index (χ0) is 24.8. The first kappa shape index (κ1) is 26.6. The van der Waals surface area contributed by atoms with Gasteiger partial charge >= 0.3 is 0 Å². The van der Waals surface area contributed by atoms with Gasteiger partial charge in [-0.05, 0) is 44.3 Å². The number of nitrogens with one attached hydrogen (secondary N) is 1. The molecule has 2 amide bonds. The zero-order valence-corrected chi connectivity index (χ0v) is 21.0. The molecular formula is C23H36ClFN6O3. The first-order chi connectivity index (χ1) is 16.2. The van der Waals surface area contributed by atoms with E-state index in [9.17, 15) is 14.8 Å². The number of aromatic nitrogens is 2. The quantitative estimate of drug-likeness (QED) is 0.221. The number of carbonyl (C=O) groups excluding carboxylic acids is 2. The van der Waals surface area contributed by atoms with Gasteiger partial charge in [0.1, 0.15) is 5.69 Å². The first-order valence-corrected chi connectivity index (χ1v) is 12.5. The molecule has 1 aromatic heterocycles. The van der Waals surface area contributed by atoms with Gasteiger partial charge in [-0.3, -0.25) is 19.7 Å². The van der Waals surface area contributed by atoms with Gasteiger partial charge in [0.2, 0.25) is 17.6 Å². The summed E-state index contributed by atoms with van der Waals surface area (Å²) in [5.74, 6) is -1.03. The Labute approximate surface area is 205 Å². The van der Waals surface area contributed by atoms with E-state index in [2.05, 4.69) is 34.2 Å². The molecule has 2 aliphatic rings. The molecule has 0 unspecified atom stereocenters. The number of halogens is 2. The standard InChI is InChI=1S/C23H36ClFN6O3/c1-4-18-13-31(15(2)11-29(18)3)21-20(25)19(27-23(24)28-21)10-26-22(33)17(12-30(34)14-32)9-16-7-5-6-8-16/h14-18,34H,4-13H2,1-3H3,(H,26,33)/t15-,17-,18-/m1/s1. The molecule has 2 N–H and O–H groups in total. The van der Waals surface area contributed by atoms with Crippen LogP contribution < -0.4 is 10.2 Å². The SMILES string of the molecule is CC[C@@H]1CN(c2nc(Cl)nc(CNC(=O)[C@H](CC3CCCC3)CN(O)C=O)c2F)[C@H](C)CN1C. The van der Waals surface area contributed by atoms with Crippen LogP contribution in [0.25, 0.3) is 0 Å². The summed E-state index contributed by atoms with van der Waals surface area (Å²) in [5.41, 5.74) is 0.0124. The predicted octanol–water partition coefficient (Wildman–Crippen LogP) is 2.85. The van der Waals surface area contributed by atoms with Crippen molar-refractivity contribution < 1.29 is 19.2 Å². The van der Waals surface area contributed by atoms with E-state index in [0.717, 1.165) is 38.6 Å². The van der Waals surface area contributed by atoms with Gasteiger partial charge in [0.05, 0.1) is 19.0 Å². The van der Waals surface area contributed by atoms with Crippen LogP contribution in [0.5, 0.6) is 0 Å². The molecule has 3 atom stereocenters. The Kier molecular flexibility index (Phi) is 9.44. The molecule has 34 heavy (non-hydrogen) atoms. The van der Waals surface area contributed by atoms with Crippen molar-refractivity contribution in [2.75, 3.05) is 31.6 Å². The lowest BCUT2D eigenvalue weighted by atomic mass is 9.92. The van der Waals surface area contributed by atoms with Crippen molar-refractivity contribution in [2.45, 2.75) is 71.0 Å². The van der Waals surface area contributed by atoms with Crippen molar-refractivity contribution in [2.24, 2.45) is 11.8 Å². The van der Waals surface area contributed by atoms with Gasteiger partial charge in [0, 0.05) is 25.2 Å². The van der Waals surface area contributed by atoms with Gasteiger partial charge in [-0.2, -0.15) is 4.98 Å². The molecule has 11 heteroatoms. The second-order valence-corrected chi connectivity index (χ2v) is 9.95. The fourth-order valence-electron chi connectivity index (χ4n) is 5.20. The summed E-state index contributed by atoms with van der Waals surface area (Å²) in [7, 11) is 2.06. The number of likely N-dealkylation sites (N-methyl/N-ethyl adjacent to an activating group) is 1. The van der Waals surface area contributed by atoms with Crippen LogP contribution in [0.15, 0.2) is 0 Å². The topological polar surface area (TPSA) is 102 Å². The van der Waals surface area contributed by atoms with Crippen molar-refractivity contribution in [1.29, 1.82) is 0 Å². The average molecular weight is 499 g/mol.